The maximum atomic E-state index is 13.4. The van der Waals surface area contributed by atoms with Crippen LogP contribution in [0.1, 0.15) is 42.9 Å². The van der Waals surface area contributed by atoms with E-state index >= 15 is 0 Å². The molecule has 33 heavy (non-hydrogen) atoms. The van der Waals surface area contributed by atoms with E-state index in [9.17, 15) is 13.9 Å². The molecule has 2 aliphatic carbocycles. The van der Waals surface area contributed by atoms with Crippen LogP contribution in [0.15, 0.2) is 24.9 Å². The number of pyridine rings is 1. The second-order valence-electron chi connectivity index (χ2n) is 9.66. The maximum Gasteiger partial charge on any atom is 0.265 e. The van der Waals surface area contributed by atoms with Gasteiger partial charge in [-0.15, -0.1) is 0 Å². The first-order valence-corrected chi connectivity index (χ1v) is 11.3. The number of nitrogens with zero attached hydrogens (tertiary/aromatic N) is 6. The summed E-state index contributed by atoms with van der Waals surface area (Å²) in [6, 6.07) is 2.29. The van der Waals surface area contributed by atoms with Crippen molar-refractivity contribution in [3.8, 4) is 0 Å². The predicted molar refractivity (Wildman–Crippen MR) is 118 cm³/mol. The van der Waals surface area contributed by atoms with Crippen LogP contribution in [-0.4, -0.2) is 60.3 Å². The van der Waals surface area contributed by atoms with Crippen LogP contribution in [0.2, 0.25) is 0 Å². The van der Waals surface area contributed by atoms with Crippen LogP contribution < -0.4 is 16.4 Å². The smallest absolute Gasteiger partial charge is 0.265 e. The number of alkyl halides is 2. The van der Waals surface area contributed by atoms with E-state index in [2.05, 4.69) is 25.9 Å². The van der Waals surface area contributed by atoms with Gasteiger partial charge in [0.05, 0.1) is 30.3 Å². The van der Waals surface area contributed by atoms with E-state index in [4.69, 9.17) is 16.5 Å². The first-order chi connectivity index (χ1) is 15.8. The third-order valence-corrected chi connectivity index (χ3v) is 7.61. The topological polar surface area (TPSA) is 132 Å². The van der Waals surface area contributed by atoms with Crippen LogP contribution in [0.3, 0.4) is 0 Å². The van der Waals surface area contributed by atoms with E-state index in [1.807, 2.05) is 10.8 Å². The van der Waals surface area contributed by atoms with Crippen LogP contribution in [0.4, 0.5) is 20.3 Å². The highest BCUT2D eigenvalue weighted by atomic mass is 19.3. The lowest BCUT2D eigenvalue weighted by atomic mass is 9.61. The fraction of sp³-hybridized carbons (Fsp3) is 0.545. The number of imidazole rings is 1. The van der Waals surface area contributed by atoms with Gasteiger partial charge in [0.15, 0.2) is 11.5 Å². The van der Waals surface area contributed by atoms with Crippen molar-refractivity contribution >= 4 is 22.7 Å². The number of nitrogen functional groups attached to an aromatic ring is 1. The van der Waals surface area contributed by atoms with Crippen molar-refractivity contribution in [3.05, 3.63) is 36.2 Å². The van der Waals surface area contributed by atoms with Gasteiger partial charge in [-0.3, -0.25) is 4.98 Å². The van der Waals surface area contributed by atoms with Crippen LogP contribution in [0.5, 0.6) is 0 Å². The van der Waals surface area contributed by atoms with Gasteiger partial charge in [0, 0.05) is 24.2 Å². The Kier molecular flexibility index (Phi) is 4.57. The summed E-state index contributed by atoms with van der Waals surface area (Å²) >= 11 is 0. The van der Waals surface area contributed by atoms with E-state index in [0.717, 1.165) is 29.8 Å². The Hall–Kier alpha value is -2.92. The molecule has 2 aliphatic heterocycles. The van der Waals surface area contributed by atoms with E-state index < -0.39 is 18.1 Å². The summed E-state index contributed by atoms with van der Waals surface area (Å²) in [5.41, 5.74) is 15.1. The third-order valence-electron chi connectivity index (χ3n) is 7.61. The van der Waals surface area contributed by atoms with Gasteiger partial charge < -0.3 is 26.0 Å². The summed E-state index contributed by atoms with van der Waals surface area (Å²) in [4.78, 5) is 19.5. The zero-order chi connectivity index (χ0) is 22.9. The molecule has 174 valence electrons. The minimum Gasteiger partial charge on any atom is -0.385 e. The number of hydrogen-bond donors (Lipinski definition) is 3. The minimum atomic E-state index is -2.88. The third kappa shape index (κ3) is 3.24. The Bertz CT molecular complexity index is 1210. The number of aromatic nitrogens is 5. The number of aliphatic hydroxyl groups is 1. The van der Waals surface area contributed by atoms with Crippen molar-refractivity contribution in [1.82, 2.24) is 24.5 Å². The van der Waals surface area contributed by atoms with E-state index in [1.54, 1.807) is 6.33 Å². The maximum absolute atomic E-state index is 13.4. The number of aliphatic hydroxyl groups excluding tert-OH is 1. The lowest BCUT2D eigenvalue weighted by Gasteiger charge is -2.60. The van der Waals surface area contributed by atoms with Gasteiger partial charge in [0.25, 0.3) is 6.43 Å². The lowest BCUT2D eigenvalue weighted by molar-refractivity contribution is -0.0917. The molecule has 5 heterocycles. The van der Waals surface area contributed by atoms with Gasteiger partial charge >= 0.3 is 0 Å². The fourth-order valence-corrected chi connectivity index (χ4v) is 5.38. The monoisotopic (exact) mass is 456 g/mol. The average Bonchev–Trinajstić information content (AvgIpc) is 3.54. The Morgan fingerprint density at radius 3 is 2.70 bits per heavy atom. The van der Waals surface area contributed by atoms with Gasteiger partial charge in [-0.2, -0.15) is 0 Å². The van der Waals surface area contributed by atoms with Crippen molar-refractivity contribution in [1.29, 1.82) is 0 Å². The minimum absolute atomic E-state index is 0.109. The molecule has 0 amide bonds. The highest BCUT2D eigenvalue weighted by molar-refractivity contribution is 5.81. The second kappa shape index (κ2) is 7.29. The van der Waals surface area contributed by atoms with Gasteiger partial charge in [-0.1, -0.05) is 0 Å². The summed E-state index contributed by atoms with van der Waals surface area (Å²) in [6.07, 6.45) is 3.76. The molecule has 7 rings (SSSR count). The number of halogens is 2. The number of rotatable bonds is 6. The quantitative estimate of drug-likeness (QED) is 0.510. The molecule has 11 heteroatoms. The molecule has 0 radical (unpaired) electrons. The zero-order valence-electron chi connectivity index (χ0n) is 18.0. The van der Waals surface area contributed by atoms with Crippen molar-refractivity contribution in [2.24, 2.45) is 11.7 Å². The van der Waals surface area contributed by atoms with Gasteiger partial charge in [-0.25, -0.2) is 23.7 Å². The molecule has 0 aromatic carbocycles. The van der Waals surface area contributed by atoms with Crippen molar-refractivity contribution in [3.63, 3.8) is 0 Å². The predicted octanol–water partition coefficient (Wildman–Crippen LogP) is 1.65. The molecule has 2 atom stereocenters. The van der Waals surface area contributed by atoms with Crippen molar-refractivity contribution in [2.75, 3.05) is 17.2 Å². The molecule has 2 saturated carbocycles. The van der Waals surface area contributed by atoms with Crippen LogP contribution >= 0.6 is 0 Å². The number of hydrogen-bond acceptors (Lipinski definition) is 8. The molecule has 0 unspecified atom stereocenters. The second-order valence-corrected chi connectivity index (χ2v) is 9.66. The SMILES string of the molecule is Nc1ncnc2c1ncn2Cc1cc(C2CC2)ncc1N1C[C@@](N)([C@H](O)C(F)F)C2CC1C2. The Morgan fingerprint density at radius 2 is 1.97 bits per heavy atom. The summed E-state index contributed by atoms with van der Waals surface area (Å²) in [6.45, 7) is 0.622. The largest absolute Gasteiger partial charge is 0.385 e. The van der Waals surface area contributed by atoms with Gasteiger partial charge in [0.1, 0.15) is 17.9 Å². The fourth-order valence-electron chi connectivity index (χ4n) is 5.38. The molecule has 3 aromatic rings. The first kappa shape index (κ1) is 20.7. The van der Waals surface area contributed by atoms with Gasteiger partial charge in [-0.05, 0) is 43.2 Å². The molecule has 4 aliphatic rings. The molecule has 5 N–H and O–H groups in total. The molecule has 0 spiro atoms. The summed E-state index contributed by atoms with van der Waals surface area (Å²) in [7, 11) is 0. The first-order valence-electron chi connectivity index (χ1n) is 11.3. The standard InChI is InChI=1S/C22H26F2N8O/c23-19(24)18(33)22(26)8-32(14-4-13(22)5-14)16-6-27-15(11-1-2-11)3-12(16)7-31-10-30-17-20(25)28-9-29-21(17)31/h3,6,9-11,13-14,18-19,33H,1-2,4-5,7-8,26H2,(H2,25,28,29)/t13?,14?,18-,22+/m1/s1. The zero-order valence-corrected chi connectivity index (χ0v) is 18.0. The highest BCUT2D eigenvalue weighted by Gasteiger charge is 2.57. The number of anilines is 2. The van der Waals surface area contributed by atoms with E-state index in [1.165, 1.54) is 6.33 Å². The molecule has 4 fully saturated rings. The van der Waals surface area contributed by atoms with Crippen LogP contribution in [-0.2, 0) is 6.54 Å². The number of fused-ring (bicyclic) bond motifs is 3. The summed E-state index contributed by atoms with van der Waals surface area (Å²) in [5.74, 6) is 0.666. The molecule has 9 nitrogen and oxygen atoms in total. The van der Waals surface area contributed by atoms with E-state index in [0.29, 0.717) is 42.3 Å². The molecular weight excluding hydrogens is 430 g/mol. The summed E-state index contributed by atoms with van der Waals surface area (Å²) in [5, 5.41) is 10.3. The Balaban J connectivity index is 1.39. The van der Waals surface area contributed by atoms with Crippen molar-refractivity contribution in [2.45, 2.75) is 62.3 Å². The van der Waals surface area contributed by atoms with Crippen LogP contribution in [0.25, 0.3) is 11.2 Å². The molecular formula is C22H26F2N8O. The van der Waals surface area contributed by atoms with Crippen molar-refractivity contribution < 1.29 is 13.9 Å². The van der Waals surface area contributed by atoms with Crippen LogP contribution in [0, 0.1) is 5.92 Å². The number of piperidine rings is 2. The molecule has 2 bridgehead atoms. The van der Waals surface area contributed by atoms with Gasteiger partial charge in [0.2, 0.25) is 0 Å². The van der Waals surface area contributed by atoms with E-state index in [-0.39, 0.29) is 18.5 Å². The summed E-state index contributed by atoms with van der Waals surface area (Å²) < 4.78 is 28.8. The normalized spacial score (nSPS) is 27.7. The average molecular weight is 457 g/mol. The number of nitrogens with two attached hydrogens (primary N) is 2. The lowest BCUT2D eigenvalue weighted by Crippen LogP contribution is -2.75. The molecule has 2 saturated heterocycles. The molecule has 3 aromatic heterocycles. The Labute approximate surface area is 188 Å². The Morgan fingerprint density at radius 1 is 1.18 bits per heavy atom. The highest BCUT2D eigenvalue weighted by Crippen LogP contribution is 2.49.